The van der Waals surface area contributed by atoms with Crippen LogP contribution in [0.5, 0.6) is 5.75 Å². The Bertz CT molecular complexity index is 1190. The van der Waals surface area contributed by atoms with Crippen LogP contribution in [-0.4, -0.2) is 52.6 Å². The van der Waals surface area contributed by atoms with Crippen LogP contribution in [0.25, 0.3) is 0 Å². The summed E-state index contributed by atoms with van der Waals surface area (Å²) in [5, 5.41) is 15.4. The third-order valence-corrected chi connectivity index (χ3v) is 6.69. The van der Waals surface area contributed by atoms with Gasteiger partial charge in [0.15, 0.2) is 0 Å². The van der Waals surface area contributed by atoms with E-state index in [-0.39, 0.29) is 40.8 Å². The molecular formula is C27H34N4O5. The molecule has 9 nitrogen and oxygen atoms in total. The Kier molecular flexibility index (Phi) is 6.84. The van der Waals surface area contributed by atoms with Crippen LogP contribution in [-0.2, 0) is 0 Å². The molecule has 3 amide bonds. The number of hydrogen-bond acceptors (Lipinski definition) is 5. The molecular weight excluding hydrogens is 460 g/mol. The number of carboxylic acid groups (broad SMARTS) is 1. The highest BCUT2D eigenvalue weighted by atomic mass is 16.5. The first-order chi connectivity index (χ1) is 16.9. The van der Waals surface area contributed by atoms with Crippen LogP contribution in [0.4, 0.5) is 16.2 Å². The molecule has 5 N–H and O–H groups in total. The largest absolute Gasteiger partial charge is 0.488 e. The zero-order valence-electron chi connectivity index (χ0n) is 21.1. The smallest absolute Gasteiger partial charge is 0.407 e. The van der Waals surface area contributed by atoms with E-state index in [2.05, 4.69) is 10.6 Å². The van der Waals surface area contributed by atoms with Gasteiger partial charge in [-0.1, -0.05) is 26.8 Å². The number of benzene rings is 2. The summed E-state index contributed by atoms with van der Waals surface area (Å²) in [4.78, 5) is 38.8. The van der Waals surface area contributed by atoms with Crippen LogP contribution in [0.15, 0.2) is 36.4 Å². The van der Waals surface area contributed by atoms with Crippen molar-refractivity contribution < 1.29 is 24.2 Å². The van der Waals surface area contributed by atoms with Crippen LogP contribution in [0.2, 0.25) is 0 Å². The molecule has 2 aliphatic rings. The Morgan fingerprint density at radius 3 is 2.42 bits per heavy atom. The van der Waals surface area contributed by atoms with Crippen molar-refractivity contribution in [3.8, 4) is 5.75 Å². The number of nitrogens with one attached hydrogen (secondary N) is 2. The number of carbonyl (C=O) groups excluding carboxylic acids is 2. The van der Waals surface area contributed by atoms with Crippen LogP contribution in [0.3, 0.4) is 0 Å². The lowest BCUT2D eigenvalue weighted by Gasteiger charge is -2.36. The number of likely N-dealkylation sites (tertiary alicyclic amines) is 1. The average molecular weight is 495 g/mol. The molecule has 1 heterocycles. The molecule has 0 aromatic heterocycles. The van der Waals surface area contributed by atoms with Gasteiger partial charge in [0.25, 0.3) is 11.8 Å². The van der Waals surface area contributed by atoms with Crippen molar-refractivity contribution in [3.05, 3.63) is 53.1 Å². The fourth-order valence-corrected chi connectivity index (χ4v) is 4.69. The number of nitrogens with zero attached hydrogens (tertiary/aromatic N) is 1. The van der Waals surface area contributed by atoms with Crippen molar-refractivity contribution in [2.75, 3.05) is 17.6 Å². The van der Waals surface area contributed by atoms with Gasteiger partial charge in [-0.05, 0) is 61.1 Å². The van der Waals surface area contributed by atoms with Gasteiger partial charge in [-0.25, -0.2) is 4.79 Å². The van der Waals surface area contributed by atoms with Gasteiger partial charge in [0, 0.05) is 35.9 Å². The minimum absolute atomic E-state index is 0.164. The lowest BCUT2D eigenvalue weighted by molar-refractivity contribution is 0.0572. The third-order valence-electron chi connectivity index (χ3n) is 6.69. The Hall–Kier alpha value is -3.75. The van der Waals surface area contributed by atoms with Gasteiger partial charge in [-0.2, -0.15) is 0 Å². The van der Waals surface area contributed by atoms with E-state index in [0.29, 0.717) is 30.0 Å². The maximum Gasteiger partial charge on any atom is 0.407 e. The molecule has 2 aromatic rings. The molecule has 2 fully saturated rings. The van der Waals surface area contributed by atoms with E-state index in [9.17, 15) is 19.5 Å². The molecule has 0 bridgehead atoms. The molecule has 1 aliphatic carbocycles. The van der Waals surface area contributed by atoms with Gasteiger partial charge < -0.3 is 31.1 Å². The number of ether oxygens (including phenoxy) is 1. The summed E-state index contributed by atoms with van der Waals surface area (Å²) in [7, 11) is 0. The number of carbonyl (C=O) groups is 3. The molecule has 0 radical (unpaired) electrons. The number of rotatable bonds is 6. The Balaban J connectivity index is 1.52. The Morgan fingerprint density at radius 1 is 1.06 bits per heavy atom. The predicted octanol–water partition coefficient (Wildman–Crippen LogP) is 4.27. The highest BCUT2D eigenvalue weighted by Crippen LogP contribution is 2.36. The zero-order chi connectivity index (χ0) is 26.2. The van der Waals surface area contributed by atoms with E-state index in [0.717, 1.165) is 18.4 Å². The van der Waals surface area contributed by atoms with Crippen molar-refractivity contribution in [2.45, 2.75) is 65.1 Å². The van der Waals surface area contributed by atoms with Gasteiger partial charge in [0.2, 0.25) is 0 Å². The summed E-state index contributed by atoms with van der Waals surface area (Å²) in [6, 6.07) is 9.95. The summed E-state index contributed by atoms with van der Waals surface area (Å²) in [6.07, 6.45) is 1.20. The first-order valence-electron chi connectivity index (χ1n) is 12.2. The van der Waals surface area contributed by atoms with Crippen LogP contribution >= 0.6 is 0 Å². The molecule has 1 saturated heterocycles. The molecule has 192 valence electrons. The molecule has 36 heavy (non-hydrogen) atoms. The minimum Gasteiger partial charge on any atom is -0.488 e. The maximum absolute atomic E-state index is 13.2. The molecule has 2 atom stereocenters. The highest BCUT2D eigenvalue weighted by molar-refractivity contribution is 6.09. The van der Waals surface area contributed by atoms with Crippen molar-refractivity contribution in [1.82, 2.24) is 10.2 Å². The lowest BCUT2D eigenvalue weighted by Crippen LogP contribution is -2.48. The van der Waals surface area contributed by atoms with Gasteiger partial charge in [-0.15, -0.1) is 0 Å². The molecule has 2 aromatic carbocycles. The number of anilines is 2. The summed E-state index contributed by atoms with van der Waals surface area (Å²) < 4.78 is 6.21. The second-order valence-electron chi connectivity index (χ2n) is 10.7. The maximum atomic E-state index is 13.2. The number of amides is 3. The van der Waals surface area contributed by atoms with E-state index in [4.69, 9.17) is 10.5 Å². The summed E-state index contributed by atoms with van der Waals surface area (Å²) in [5.74, 6) is -0.148. The fraction of sp³-hybridized carbons (Fsp3) is 0.444. The van der Waals surface area contributed by atoms with E-state index >= 15 is 0 Å². The molecule has 4 rings (SSSR count). The summed E-state index contributed by atoms with van der Waals surface area (Å²) in [5.41, 5.74) is 8.12. The first kappa shape index (κ1) is 25.3. The Labute approximate surface area is 211 Å². The van der Waals surface area contributed by atoms with Crippen molar-refractivity contribution >= 4 is 29.3 Å². The average Bonchev–Trinajstić information content (AvgIpc) is 3.50. The van der Waals surface area contributed by atoms with Gasteiger partial charge in [-0.3, -0.25) is 9.59 Å². The number of aryl methyl sites for hydroxylation is 1. The van der Waals surface area contributed by atoms with Crippen molar-refractivity contribution in [1.29, 1.82) is 0 Å². The molecule has 0 spiro atoms. The number of hydrogen-bond donors (Lipinski definition) is 4. The van der Waals surface area contributed by atoms with Crippen molar-refractivity contribution in [3.63, 3.8) is 0 Å². The van der Waals surface area contributed by atoms with E-state index in [1.807, 2.05) is 27.7 Å². The highest BCUT2D eigenvalue weighted by Gasteiger charge is 2.45. The second kappa shape index (κ2) is 9.72. The standard InChI is InChI=1S/C27H34N4O5/c1-15-5-6-16(24(32)29-17-7-8-17)13-21(15)30-25(33)19-14-18(9-10-20(19)28)36-22-11-12-31(26(34)35)23(22)27(2,3)4/h5-6,9-10,13-14,17,22-23H,7-8,11-12,28H2,1-4H3,(H,29,32)(H,30,33)(H,34,35)/t22-,23?/m0/s1. The summed E-state index contributed by atoms with van der Waals surface area (Å²) >= 11 is 0. The van der Waals surface area contributed by atoms with Crippen LogP contribution < -0.4 is 21.1 Å². The van der Waals surface area contributed by atoms with E-state index in [1.165, 1.54) is 4.90 Å². The molecule has 1 aliphatic heterocycles. The van der Waals surface area contributed by atoms with Gasteiger partial charge in [0.1, 0.15) is 11.9 Å². The van der Waals surface area contributed by atoms with E-state index < -0.39 is 12.0 Å². The monoisotopic (exact) mass is 494 g/mol. The summed E-state index contributed by atoms with van der Waals surface area (Å²) in [6.45, 7) is 8.19. The lowest BCUT2D eigenvalue weighted by atomic mass is 9.84. The Morgan fingerprint density at radius 2 is 1.78 bits per heavy atom. The van der Waals surface area contributed by atoms with Gasteiger partial charge >= 0.3 is 6.09 Å². The predicted molar refractivity (Wildman–Crippen MR) is 137 cm³/mol. The topological polar surface area (TPSA) is 134 Å². The number of nitrogen functional groups attached to an aromatic ring is 1. The molecule has 1 saturated carbocycles. The minimum atomic E-state index is -0.971. The third kappa shape index (κ3) is 5.56. The quantitative estimate of drug-likeness (QED) is 0.443. The normalized spacial score (nSPS) is 19.6. The van der Waals surface area contributed by atoms with Crippen LogP contribution in [0.1, 0.15) is 66.3 Å². The number of nitrogens with two attached hydrogens (primary N) is 1. The molecule has 9 heteroatoms. The first-order valence-corrected chi connectivity index (χ1v) is 12.2. The van der Waals surface area contributed by atoms with Crippen molar-refractivity contribution in [2.24, 2.45) is 5.41 Å². The second-order valence-corrected chi connectivity index (χ2v) is 10.7. The van der Waals surface area contributed by atoms with E-state index in [1.54, 1.807) is 36.4 Å². The van der Waals surface area contributed by atoms with Gasteiger partial charge in [0.05, 0.1) is 11.6 Å². The SMILES string of the molecule is Cc1ccc(C(=O)NC2CC2)cc1NC(=O)c1cc(O[C@H]2CCN(C(=O)O)C2C(C)(C)C)ccc1N. The molecule has 1 unspecified atom stereocenters. The van der Waals surface area contributed by atoms with Crippen LogP contribution in [0, 0.1) is 12.3 Å². The fourth-order valence-electron chi connectivity index (χ4n) is 4.69. The zero-order valence-corrected chi connectivity index (χ0v) is 21.1.